The maximum absolute atomic E-state index is 15.1. The Morgan fingerprint density at radius 1 is 1.03 bits per heavy atom. The van der Waals surface area contributed by atoms with Gasteiger partial charge >= 0.3 is 0 Å². The van der Waals surface area contributed by atoms with Crippen molar-refractivity contribution in [2.24, 2.45) is 0 Å². The molecule has 1 N–H and O–H groups in total. The lowest BCUT2D eigenvalue weighted by Crippen LogP contribution is -2.12. The summed E-state index contributed by atoms with van der Waals surface area (Å²) in [4.78, 5) is 8.51. The molecule has 6 nitrogen and oxygen atoms in total. The quantitative estimate of drug-likeness (QED) is 0.343. The molecule has 0 amide bonds. The maximum atomic E-state index is 15.1. The van der Waals surface area contributed by atoms with Gasteiger partial charge in [0.2, 0.25) is 0 Å². The number of fused-ring (bicyclic) bond motifs is 1. The minimum absolute atomic E-state index is 0.153. The van der Waals surface area contributed by atoms with E-state index in [0.717, 1.165) is 22.3 Å². The van der Waals surface area contributed by atoms with E-state index in [-0.39, 0.29) is 12.0 Å². The molecule has 2 aromatic carbocycles. The molecule has 5 aromatic rings. The summed E-state index contributed by atoms with van der Waals surface area (Å²) in [6.07, 6.45) is 3.27. The summed E-state index contributed by atoms with van der Waals surface area (Å²) in [6.45, 7) is 6.05. The highest BCUT2D eigenvalue weighted by Gasteiger charge is 2.23. The number of hydrogen-bond donors (Lipinski definition) is 1. The van der Waals surface area contributed by atoms with Gasteiger partial charge in [-0.1, -0.05) is 26.8 Å². The molecule has 0 aliphatic heterocycles. The monoisotopic (exact) mass is 467 g/mol. The molecule has 0 saturated heterocycles. The molecule has 0 unspecified atom stereocenters. The van der Waals surface area contributed by atoms with Crippen molar-refractivity contribution in [2.45, 2.75) is 32.8 Å². The molecule has 0 fully saturated rings. The Balaban J connectivity index is 1.61. The maximum Gasteiger partial charge on any atom is 0.145 e. The van der Waals surface area contributed by atoms with Crippen LogP contribution in [0.15, 0.2) is 73.1 Å². The van der Waals surface area contributed by atoms with Crippen molar-refractivity contribution in [2.75, 3.05) is 0 Å². The molecular formula is C28H24FN4O2. The average Bonchev–Trinajstić information content (AvgIpc) is 3.31. The topological polar surface area (TPSA) is 73.1 Å². The van der Waals surface area contributed by atoms with Crippen molar-refractivity contribution in [1.82, 2.24) is 19.7 Å². The summed E-state index contributed by atoms with van der Waals surface area (Å²) >= 11 is 0. The fourth-order valence-corrected chi connectivity index (χ4v) is 3.74. The second kappa shape index (κ2) is 8.92. The number of rotatable bonds is 5. The van der Waals surface area contributed by atoms with E-state index in [1.807, 2.05) is 36.4 Å². The zero-order valence-corrected chi connectivity index (χ0v) is 19.7. The third-order valence-corrected chi connectivity index (χ3v) is 5.64. The molecule has 0 spiro atoms. The van der Waals surface area contributed by atoms with Crippen molar-refractivity contribution in [1.29, 1.82) is 0 Å². The van der Waals surface area contributed by atoms with Crippen LogP contribution in [-0.4, -0.2) is 24.9 Å². The first-order valence-corrected chi connectivity index (χ1v) is 11.2. The van der Waals surface area contributed by atoms with Crippen molar-refractivity contribution >= 4 is 10.9 Å². The summed E-state index contributed by atoms with van der Waals surface area (Å²) in [5.41, 5.74) is 3.69. The summed E-state index contributed by atoms with van der Waals surface area (Å²) in [7, 11) is 0. The van der Waals surface area contributed by atoms with Gasteiger partial charge in [0.1, 0.15) is 17.3 Å². The summed E-state index contributed by atoms with van der Waals surface area (Å²) in [6, 6.07) is 20.7. The third kappa shape index (κ3) is 4.63. The fourth-order valence-electron chi connectivity index (χ4n) is 3.74. The Morgan fingerprint density at radius 2 is 1.89 bits per heavy atom. The molecule has 0 bridgehead atoms. The highest BCUT2D eigenvalue weighted by molar-refractivity contribution is 5.81. The second-order valence-corrected chi connectivity index (χ2v) is 9.27. The van der Waals surface area contributed by atoms with Crippen LogP contribution in [0.5, 0.6) is 11.5 Å². The zero-order chi connectivity index (χ0) is 24.6. The van der Waals surface area contributed by atoms with Crippen LogP contribution in [0.1, 0.15) is 32.2 Å². The lowest BCUT2D eigenvalue weighted by atomic mass is 9.92. The van der Waals surface area contributed by atoms with E-state index in [9.17, 15) is 5.11 Å². The molecule has 0 aliphatic carbocycles. The first-order valence-electron chi connectivity index (χ1n) is 11.2. The Labute approximate surface area is 202 Å². The standard InChI is InChI=1S/C28H24FN4O2/c1-28(2,3)27-15-26(33(32-27)20-7-11-25-18(13-20)5-4-12-30-25)23-14-21(9-10-24(23)29)35-22-8-6-19(17-34)31-16-22/h4-9,11-16,34H,17H2,1-3H3. The van der Waals surface area contributed by atoms with Gasteiger partial charge in [-0.05, 0) is 54.6 Å². The van der Waals surface area contributed by atoms with Crippen LogP contribution < -0.4 is 4.74 Å². The number of benzene rings is 2. The molecule has 175 valence electrons. The number of hydrogen-bond acceptors (Lipinski definition) is 5. The van der Waals surface area contributed by atoms with Crippen LogP contribution in [0.4, 0.5) is 4.39 Å². The van der Waals surface area contributed by atoms with Crippen LogP contribution in [0, 0.1) is 11.9 Å². The first-order chi connectivity index (χ1) is 16.8. The van der Waals surface area contributed by atoms with Gasteiger partial charge in [-0.3, -0.25) is 9.97 Å². The predicted molar refractivity (Wildman–Crippen MR) is 132 cm³/mol. The Bertz CT molecular complexity index is 1500. The molecule has 7 heteroatoms. The zero-order valence-electron chi connectivity index (χ0n) is 19.7. The van der Waals surface area contributed by atoms with E-state index in [2.05, 4.69) is 36.8 Å². The van der Waals surface area contributed by atoms with Crippen LogP contribution in [0.3, 0.4) is 0 Å². The van der Waals surface area contributed by atoms with E-state index in [0.29, 0.717) is 28.5 Å². The minimum Gasteiger partial charge on any atom is -0.456 e. The molecule has 3 aromatic heterocycles. The van der Waals surface area contributed by atoms with Gasteiger partial charge in [0.15, 0.2) is 0 Å². The number of aliphatic hydroxyl groups excluding tert-OH is 1. The number of halogens is 1. The highest BCUT2D eigenvalue weighted by Crippen LogP contribution is 2.34. The molecule has 0 atom stereocenters. The summed E-state index contributed by atoms with van der Waals surface area (Å²) in [5.74, 6) is 0.377. The number of pyridine rings is 2. The average molecular weight is 468 g/mol. The second-order valence-electron chi connectivity index (χ2n) is 9.27. The molecule has 0 aliphatic rings. The van der Waals surface area contributed by atoms with Crippen molar-refractivity contribution in [3.05, 3.63) is 96.3 Å². The molecule has 3 heterocycles. The van der Waals surface area contributed by atoms with Gasteiger partial charge in [0.25, 0.3) is 0 Å². The lowest BCUT2D eigenvalue weighted by Gasteiger charge is -2.14. The van der Waals surface area contributed by atoms with Crippen molar-refractivity contribution < 1.29 is 14.2 Å². The Morgan fingerprint density at radius 3 is 2.63 bits per heavy atom. The smallest absolute Gasteiger partial charge is 0.145 e. The number of aromatic nitrogens is 4. The molecule has 5 rings (SSSR count). The van der Waals surface area contributed by atoms with E-state index in [1.165, 1.54) is 12.3 Å². The van der Waals surface area contributed by atoms with Gasteiger partial charge in [-0.15, -0.1) is 0 Å². The van der Waals surface area contributed by atoms with Crippen LogP contribution in [-0.2, 0) is 12.0 Å². The summed E-state index contributed by atoms with van der Waals surface area (Å²) in [5, 5.41) is 15.0. The number of nitrogens with zero attached hydrogens (tertiary/aromatic N) is 4. The van der Waals surface area contributed by atoms with Crippen molar-refractivity contribution in [3.8, 4) is 28.4 Å². The van der Waals surface area contributed by atoms with Gasteiger partial charge in [0, 0.05) is 28.6 Å². The first kappa shape index (κ1) is 22.7. The van der Waals surface area contributed by atoms with Gasteiger partial charge in [0.05, 0.1) is 41.1 Å². The van der Waals surface area contributed by atoms with E-state index in [1.54, 1.807) is 29.1 Å². The van der Waals surface area contributed by atoms with Crippen LogP contribution >= 0.6 is 0 Å². The van der Waals surface area contributed by atoms with Crippen LogP contribution in [0.25, 0.3) is 27.8 Å². The van der Waals surface area contributed by atoms with E-state index >= 15 is 4.39 Å². The SMILES string of the molecule is CC(C)(C)c1cc(-c2cc(Oc3ccc(CO)nc3)c[c]c2F)n(-c2ccc3ncccc3c2)n1. The van der Waals surface area contributed by atoms with Crippen LogP contribution in [0.2, 0.25) is 0 Å². The molecular weight excluding hydrogens is 443 g/mol. The highest BCUT2D eigenvalue weighted by atomic mass is 19.1. The fraction of sp³-hybridized carbons (Fsp3) is 0.179. The van der Waals surface area contributed by atoms with Gasteiger partial charge in [-0.2, -0.15) is 5.10 Å². The van der Waals surface area contributed by atoms with E-state index in [4.69, 9.17) is 9.84 Å². The summed E-state index contributed by atoms with van der Waals surface area (Å²) < 4.78 is 22.8. The third-order valence-electron chi connectivity index (χ3n) is 5.64. The minimum atomic E-state index is -0.504. The van der Waals surface area contributed by atoms with Crippen molar-refractivity contribution in [3.63, 3.8) is 0 Å². The number of ether oxygens (including phenoxy) is 1. The Kier molecular flexibility index (Phi) is 5.78. The molecule has 1 radical (unpaired) electrons. The van der Waals surface area contributed by atoms with Gasteiger partial charge in [-0.25, -0.2) is 9.07 Å². The Hall–Kier alpha value is -4.10. The molecule has 0 saturated carbocycles. The molecule has 35 heavy (non-hydrogen) atoms. The largest absolute Gasteiger partial charge is 0.456 e. The normalized spacial score (nSPS) is 11.7. The predicted octanol–water partition coefficient (Wildman–Crippen LogP) is 6.00. The van der Waals surface area contributed by atoms with E-state index < -0.39 is 5.82 Å². The lowest BCUT2D eigenvalue weighted by molar-refractivity contribution is 0.276. The number of aliphatic hydroxyl groups is 1. The van der Waals surface area contributed by atoms with Gasteiger partial charge < -0.3 is 9.84 Å².